The Morgan fingerprint density at radius 3 is 2.69 bits per heavy atom. The van der Waals surface area contributed by atoms with Gasteiger partial charge in [0.2, 0.25) is 0 Å². The zero-order chi connectivity index (χ0) is 9.84. The monoisotopic (exact) mass is 183 g/mol. The van der Waals surface area contributed by atoms with Crippen LogP contribution in [0.1, 0.15) is 40.0 Å². The van der Waals surface area contributed by atoms with Crippen molar-refractivity contribution in [2.75, 3.05) is 13.1 Å². The van der Waals surface area contributed by atoms with Gasteiger partial charge >= 0.3 is 0 Å². The molecule has 0 bridgehead atoms. The van der Waals surface area contributed by atoms with Gasteiger partial charge in [0.1, 0.15) is 5.78 Å². The summed E-state index contributed by atoms with van der Waals surface area (Å²) in [5.41, 5.74) is 0. The van der Waals surface area contributed by atoms with Gasteiger partial charge in [-0.1, -0.05) is 6.92 Å². The minimum Gasteiger partial charge on any atom is -0.301 e. The number of carbonyl (C=O) groups excluding carboxylic acids is 1. The van der Waals surface area contributed by atoms with Gasteiger partial charge in [-0.05, 0) is 32.7 Å². The molecular weight excluding hydrogens is 162 g/mol. The van der Waals surface area contributed by atoms with Crippen LogP contribution in [-0.4, -0.2) is 29.8 Å². The summed E-state index contributed by atoms with van der Waals surface area (Å²) in [7, 11) is 0. The minimum atomic E-state index is 0.426. The number of hydrogen-bond acceptors (Lipinski definition) is 2. The first-order chi connectivity index (χ1) is 6.13. The SMILES string of the molecule is CCC(=O)C[C@@H]1CCN(C(C)C)C1. The van der Waals surface area contributed by atoms with E-state index in [1.165, 1.54) is 13.0 Å². The van der Waals surface area contributed by atoms with E-state index in [0.29, 0.717) is 24.2 Å². The summed E-state index contributed by atoms with van der Waals surface area (Å²) in [6, 6.07) is 0.640. The summed E-state index contributed by atoms with van der Waals surface area (Å²) in [5, 5.41) is 0. The molecule has 0 N–H and O–H groups in total. The van der Waals surface area contributed by atoms with E-state index >= 15 is 0 Å². The average molecular weight is 183 g/mol. The zero-order valence-electron chi connectivity index (χ0n) is 9.05. The van der Waals surface area contributed by atoms with Gasteiger partial charge in [-0.25, -0.2) is 0 Å². The maximum Gasteiger partial charge on any atom is 0.132 e. The molecule has 0 aromatic rings. The number of hydrogen-bond donors (Lipinski definition) is 0. The zero-order valence-corrected chi connectivity index (χ0v) is 9.05. The van der Waals surface area contributed by atoms with Crippen LogP contribution in [0.4, 0.5) is 0 Å². The number of nitrogens with zero attached hydrogens (tertiary/aromatic N) is 1. The van der Waals surface area contributed by atoms with Gasteiger partial charge in [0.05, 0.1) is 0 Å². The Morgan fingerprint density at radius 1 is 1.54 bits per heavy atom. The fourth-order valence-corrected chi connectivity index (χ4v) is 1.96. The molecule has 0 aliphatic carbocycles. The van der Waals surface area contributed by atoms with Crippen LogP contribution in [0.25, 0.3) is 0 Å². The standard InChI is InChI=1S/C11H21NO/c1-4-11(13)7-10-5-6-12(8-10)9(2)3/h9-10H,4-8H2,1-3H3/t10-/m0/s1. The number of carbonyl (C=O) groups is 1. The smallest absolute Gasteiger partial charge is 0.132 e. The highest BCUT2D eigenvalue weighted by Gasteiger charge is 2.25. The molecule has 1 atom stereocenters. The molecule has 76 valence electrons. The molecule has 0 amide bonds. The maximum absolute atomic E-state index is 11.2. The van der Waals surface area contributed by atoms with E-state index in [9.17, 15) is 4.79 Å². The molecule has 2 nitrogen and oxygen atoms in total. The van der Waals surface area contributed by atoms with Gasteiger partial charge in [-0.2, -0.15) is 0 Å². The third-order valence-electron chi connectivity index (χ3n) is 2.96. The first kappa shape index (κ1) is 10.7. The predicted molar refractivity (Wildman–Crippen MR) is 54.7 cm³/mol. The first-order valence-electron chi connectivity index (χ1n) is 5.39. The van der Waals surface area contributed by atoms with Crippen LogP contribution < -0.4 is 0 Å². The number of ketones is 1. The molecule has 1 fully saturated rings. The Kier molecular flexibility index (Phi) is 3.91. The Hall–Kier alpha value is -0.370. The Labute approximate surface area is 81.3 Å². The summed E-state index contributed by atoms with van der Waals surface area (Å²) >= 11 is 0. The van der Waals surface area contributed by atoms with Crippen molar-refractivity contribution >= 4 is 5.78 Å². The third kappa shape index (κ3) is 3.11. The summed E-state index contributed by atoms with van der Waals surface area (Å²) < 4.78 is 0. The fourth-order valence-electron chi connectivity index (χ4n) is 1.96. The minimum absolute atomic E-state index is 0.426. The van der Waals surface area contributed by atoms with Crippen LogP contribution in [0.3, 0.4) is 0 Å². The molecule has 0 aromatic carbocycles. The van der Waals surface area contributed by atoms with E-state index in [1.54, 1.807) is 0 Å². The van der Waals surface area contributed by atoms with Crippen molar-refractivity contribution < 1.29 is 4.79 Å². The van der Waals surface area contributed by atoms with E-state index < -0.39 is 0 Å². The van der Waals surface area contributed by atoms with Crippen molar-refractivity contribution in [3.63, 3.8) is 0 Å². The lowest BCUT2D eigenvalue weighted by Gasteiger charge is -2.19. The summed E-state index contributed by atoms with van der Waals surface area (Å²) in [4.78, 5) is 13.7. The van der Waals surface area contributed by atoms with E-state index in [1.807, 2.05) is 6.92 Å². The van der Waals surface area contributed by atoms with E-state index in [2.05, 4.69) is 18.7 Å². The van der Waals surface area contributed by atoms with Gasteiger partial charge in [0.15, 0.2) is 0 Å². The fraction of sp³-hybridized carbons (Fsp3) is 0.909. The molecular formula is C11H21NO. The van der Waals surface area contributed by atoms with Crippen LogP contribution in [0.5, 0.6) is 0 Å². The van der Waals surface area contributed by atoms with Crippen molar-refractivity contribution in [2.24, 2.45) is 5.92 Å². The molecule has 1 heterocycles. The maximum atomic E-state index is 11.2. The average Bonchev–Trinajstić information content (AvgIpc) is 2.52. The third-order valence-corrected chi connectivity index (χ3v) is 2.96. The van der Waals surface area contributed by atoms with Crippen LogP contribution >= 0.6 is 0 Å². The quantitative estimate of drug-likeness (QED) is 0.665. The summed E-state index contributed by atoms with van der Waals surface area (Å²) in [6.45, 7) is 8.72. The molecule has 1 aliphatic rings. The normalized spacial score (nSPS) is 24.2. The first-order valence-corrected chi connectivity index (χ1v) is 5.39. The van der Waals surface area contributed by atoms with Crippen molar-refractivity contribution in [3.05, 3.63) is 0 Å². The molecule has 1 aliphatic heterocycles. The second-order valence-corrected chi connectivity index (χ2v) is 4.34. The molecule has 1 rings (SSSR count). The second kappa shape index (κ2) is 4.75. The Morgan fingerprint density at radius 2 is 2.23 bits per heavy atom. The molecule has 1 saturated heterocycles. The van der Waals surface area contributed by atoms with Gasteiger partial charge < -0.3 is 4.90 Å². The molecule has 0 radical (unpaired) electrons. The number of likely N-dealkylation sites (tertiary alicyclic amines) is 1. The van der Waals surface area contributed by atoms with Gasteiger partial charge in [0, 0.05) is 25.4 Å². The lowest BCUT2D eigenvalue weighted by Crippen LogP contribution is -2.28. The van der Waals surface area contributed by atoms with Gasteiger partial charge in [0.25, 0.3) is 0 Å². The molecule has 0 saturated carbocycles. The van der Waals surface area contributed by atoms with Crippen LogP contribution in [0, 0.1) is 5.92 Å². The number of Topliss-reactive ketones (excluding diaryl/α,β-unsaturated/α-hetero) is 1. The molecule has 0 unspecified atom stereocenters. The van der Waals surface area contributed by atoms with Gasteiger partial charge in [-0.15, -0.1) is 0 Å². The summed E-state index contributed by atoms with van der Waals surface area (Å²) in [5.74, 6) is 1.06. The van der Waals surface area contributed by atoms with Crippen molar-refractivity contribution in [1.29, 1.82) is 0 Å². The second-order valence-electron chi connectivity index (χ2n) is 4.34. The van der Waals surface area contributed by atoms with Crippen LogP contribution in [-0.2, 0) is 4.79 Å². The van der Waals surface area contributed by atoms with E-state index in [-0.39, 0.29) is 0 Å². The lowest BCUT2D eigenvalue weighted by molar-refractivity contribution is -0.119. The highest BCUT2D eigenvalue weighted by Crippen LogP contribution is 2.21. The molecule has 0 spiro atoms. The summed E-state index contributed by atoms with van der Waals surface area (Å²) in [6.07, 6.45) is 2.72. The highest BCUT2D eigenvalue weighted by atomic mass is 16.1. The molecule has 0 aromatic heterocycles. The van der Waals surface area contributed by atoms with Crippen molar-refractivity contribution in [2.45, 2.75) is 46.1 Å². The van der Waals surface area contributed by atoms with Gasteiger partial charge in [-0.3, -0.25) is 4.79 Å². The molecule has 2 heteroatoms. The Balaban J connectivity index is 2.29. The topological polar surface area (TPSA) is 20.3 Å². The predicted octanol–water partition coefficient (Wildman–Crippen LogP) is 2.09. The van der Waals surface area contributed by atoms with Crippen molar-refractivity contribution in [1.82, 2.24) is 4.90 Å². The number of rotatable bonds is 4. The molecule has 13 heavy (non-hydrogen) atoms. The highest BCUT2D eigenvalue weighted by molar-refractivity contribution is 5.78. The van der Waals surface area contributed by atoms with Crippen molar-refractivity contribution in [3.8, 4) is 0 Å². The Bertz CT molecular complexity index is 177. The van der Waals surface area contributed by atoms with E-state index in [0.717, 1.165) is 13.0 Å². The van der Waals surface area contributed by atoms with Crippen LogP contribution in [0.2, 0.25) is 0 Å². The largest absolute Gasteiger partial charge is 0.301 e. The lowest BCUT2D eigenvalue weighted by atomic mass is 10.0. The van der Waals surface area contributed by atoms with Crippen LogP contribution in [0.15, 0.2) is 0 Å². The van der Waals surface area contributed by atoms with E-state index in [4.69, 9.17) is 0 Å².